The standard InChI is InChI=1S/C14H22N2O/c1-11-6-5-7-12(15)13(11)16(2)10-14(17)8-3-4-9-14/h5-7,17H,3-4,8-10,15H2,1-2H3. The monoisotopic (exact) mass is 234 g/mol. The van der Waals surface area contributed by atoms with E-state index in [1.807, 2.05) is 19.2 Å². The topological polar surface area (TPSA) is 49.5 Å². The summed E-state index contributed by atoms with van der Waals surface area (Å²) in [6, 6.07) is 5.94. The number of nitrogens with two attached hydrogens (primary N) is 1. The lowest BCUT2D eigenvalue weighted by molar-refractivity contribution is 0.0559. The van der Waals surface area contributed by atoms with E-state index in [2.05, 4.69) is 17.9 Å². The number of para-hydroxylation sites is 1. The van der Waals surface area contributed by atoms with Crippen molar-refractivity contribution in [1.29, 1.82) is 0 Å². The summed E-state index contributed by atoms with van der Waals surface area (Å²) >= 11 is 0. The Morgan fingerprint density at radius 1 is 1.35 bits per heavy atom. The third-order valence-corrected chi connectivity index (χ3v) is 3.72. The molecule has 1 saturated carbocycles. The molecule has 3 nitrogen and oxygen atoms in total. The first-order valence-electron chi connectivity index (χ1n) is 6.30. The van der Waals surface area contributed by atoms with Gasteiger partial charge >= 0.3 is 0 Å². The van der Waals surface area contributed by atoms with Gasteiger partial charge in [0.2, 0.25) is 0 Å². The van der Waals surface area contributed by atoms with Gasteiger partial charge in [0.1, 0.15) is 0 Å². The molecule has 3 heteroatoms. The van der Waals surface area contributed by atoms with Crippen LogP contribution in [0.2, 0.25) is 0 Å². The van der Waals surface area contributed by atoms with E-state index >= 15 is 0 Å². The van der Waals surface area contributed by atoms with Gasteiger partial charge < -0.3 is 15.7 Å². The Labute approximate surface area is 103 Å². The first kappa shape index (κ1) is 12.2. The average molecular weight is 234 g/mol. The van der Waals surface area contributed by atoms with E-state index in [0.29, 0.717) is 6.54 Å². The maximum Gasteiger partial charge on any atom is 0.0821 e. The fourth-order valence-electron chi connectivity index (χ4n) is 2.91. The van der Waals surface area contributed by atoms with Gasteiger partial charge in [0.25, 0.3) is 0 Å². The van der Waals surface area contributed by atoms with Crippen LogP contribution in [0.3, 0.4) is 0 Å². The highest BCUT2D eigenvalue weighted by atomic mass is 16.3. The molecule has 2 rings (SSSR count). The zero-order valence-electron chi connectivity index (χ0n) is 10.7. The fraction of sp³-hybridized carbons (Fsp3) is 0.571. The zero-order valence-corrected chi connectivity index (χ0v) is 10.7. The summed E-state index contributed by atoms with van der Waals surface area (Å²) in [5.74, 6) is 0. The van der Waals surface area contributed by atoms with Crippen LogP contribution in [0.15, 0.2) is 18.2 Å². The van der Waals surface area contributed by atoms with Crippen LogP contribution < -0.4 is 10.6 Å². The summed E-state index contributed by atoms with van der Waals surface area (Å²) in [5, 5.41) is 10.4. The maximum atomic E-state index is 10.4. The molecule has 0 aliphatic heterocycles. The van der Waals surface area contributed by atoms with Crippen LogP contribution in [0, 0.1) is 6.92 Å². The Bertz CT molecular complexity index is 377. The van der Waals surface area contributed by atoms with Crippen molar-refractivity contribution < 1.29 is 5.11 Å². The number of likely N-dealkylation sites (N-methyl/N-ethyl adjacent to an activating group) is 1. The van der Waals surface area contributed by atoms with E-state index < -0.39 is 5.60 Å². The van der Waals surface area contributed by atoms with Crippen molar-refractivity contribution in [3.63, 3.8) is 0 Å². The van der Waals surface area contributed by atoms with Crippen LogP contribution in [0.5, 0.6) is 0 Å². The van der Waals surface area contributed by atoms with Gasteiger partial charge in [-0.3, -0.25) is 0 Å². The van der Waals surface area contributed by atoms with Crippen molar-refractivity contribution >= 4 is 11.4 Å². The molecule has 94 valence electrons. The minimum atomic E-state index is -0.524. The molecule has 0 radical (unpaired) electrons. The van der Waals surface area contributed by atoms with Gasteiger partial charge in [0.05, 0.1) is 17.0 Å². The second-order valence-electron chi connectivity index (χ2n) is 5.30. The Morgan fingerprint density at radius 3 is 2.59 bits per heavy atom. The Balaban J connectivity index is 2.17. The summed E-state index contributed by atoms with van der Waals surface area (Å²) in [6.45, 7) is 2.73. The number of nitrogen functional groups attached to an aromatic ring is 1. The van der Waals surface area contributed by atoms with Crippen molar-refractivity contribution in [2.75, 3.05) is 24.2 Å². The lowest BCUT2D eigenvalue weighted by atomic mass is 10.0. The largest absolute Gasteiger partial charge is 0.397 e. The Hall–Kier alpha value is -1.22. The van der Waals surface area contributed by atoms with Crippen molar-refractivity contribution in [1.82, 2.24) is 0 Å². The predicted octanol–water partition coefficient (Wildman–Crippen LogP) is 2.32. The fourth-order valence-corrected chi connectivity index (χ4v) is 2.91. The third-order valence-electron chi connectivity index (χ3n) is 3.72. The number of hydrogen-bond acceptors (Lipinski definition) is 3. The quantitative estimate of drug-likeness (QED) is 0.789. The molecular formula is C14H22N2O. The first-order chi connectivity index (χ1) is 8.02. The van der Waals surface area contributed by atoms with Gasteiger partial charge in [-0.05, 0) is 31.4 Å². The summed E-state index contributed by atoms with van der Waals surface area (Å²) < 4.78 is 0. The molecule has 0 aromatic heterocycles. The Kier molecular flexibility index (Phi) is 3.29. The van der Waals surface area contributed by atoms with Crippen LogP contribution in [-0.2, 0) is 0 Å². The molecule has 1 aromatic carbocycles. The van der Waals surface area contributed by atoms with Crippen LogP contribution in [0.4, 0.5) is 11.4 Å². The van der Waals surface area contributed by atoms with Gasteiger partial charge in [0, 0.05) is 13.6 Å². The molecule has 0 spiro atoms. The first-order valence-corrected chi connectivity index (χ1v) is 6.30. The van der Waals surface area contributed by atoms with Crippen molar-refractivity contribution in [2.24, 2.45) is 0 Å². The van der Waals surface area contributed by atoms with E-state index in [9.17, 15) is 5.11 Å². The van der Waals surface area contributed by atoms with Crippen LogP contribution >= 0.6 is 0 Å². The normalized spacial score (nSPS) is 18.3. The minimum Gasteiger partial charge on any atom is -0.397 e. The molecule has 0 saturated heterocycles. The van der Waals surface area contributed by atoms with E-state index in [1.54, 1.807) is 0 Å². The molecule has 1 fully saturated rings. The number of aryl methyl sites for hydroxylation is 1. The van der Waals surface area contributed by atoms with Crippen molar-refractivity contribution in [3.05, 3.63) is 23.8 Å². The van der Waals surface area contributed by atoms with Gasteiger partial charge in [-0.1, -0.05) is 25.0 Å². The van der Waals surface area contributed by atoms with Crippen LogP contribution in [0.1, 0.15) is 31.2 Å². The summed E-state index contributed by atoms with van der Waals surface area (Å²) in [7, 11) is 2.01. The molecule has 1 aliphatic rings. The molecule has 3 N–H and O–H groups in total. The zero-order chi connectivity index (χ0) is 12.5. The minimum absolute atomic E-state index is 0.524. The van der Waals surface area contributed by atoms with E-state index in [-0.39, 0.29) is 0 Å². The van der Waals surface area contributed by atoms with Gasteiger partial charge in [0.15, 0.2) is 0 Å². The number of rotatable bonds is 3. The molecule has 0 bridgehead atoms. The van der Waals surface area contributed by atoms with Gasteiger partial charge in [-0.2, -0.15) is 0 Å². The summed E-state index contributed by atoms with van der Waals surface area (Å²) in [4.78, 5) is 2.09. The highest BCUT2D eigenvalue weighted by Crippen LogP contribution is 2.33. The Morgan fingerprint density at radius 2 is 2.00 bits per heavy atom. The molecule has 17 heavy (non-hydrogen) atoms. The smallest absolute Gasteiger partial charge is 0.0821 e. The molecule has 0 atom stereocenters. The summed E-state index contributed by atoms with van der Waals surface area (Å²) in [6.07, 6.45) is 4.08. The molecule has 1 aliphatic carbocycles. The highest BCUT2D eigenvalue weighted by Gasteiger charge is 2.32. The highest BCUT2D eigenvalue weighted by molar-refractivity contribution is 5.71. The summed E-state index contributed by atoms with van der Waals surface area (Å²) in [5.41, 5.74) is 8.49. The third kappa shape index (κ3) is 2.55. The molecule has 0 unspecified atom stereocenters. The number of nitrogens with zero attached hydrogens (tertiary/aromatic N) is 1. The van der Waals surface area contributed by atoms with Gasteiger partial charge in [-0.15, -0.1) is 0 Å². The maximum absolute atomic E-state index is 10.4. The molecule has 0 amide bonds. The second-order valence-corrected chi connectivity index (χ2v) is 5.30. The molecule has 1 aromatic rings. The van der Waals surface area contributed by atoms with Crippen LogP contribution in [0.25, 0.3) is 0 Å². The van der Waals surface area contributed by atoms with Gasteiger partial charge in [-0.25, -0.2) is 0 Å². The lowest BCUT2D eigenvalue weighted by Crippen LogP contribution is -2.39. The van der Waals surface area contributed by atoms with Crippen molar-refractivity contribution in [2.45, 2.75) is 38.2 Å². The SMILES string of the molecule is Cc1cccc(N)c1N(C)CC1(O)CCCC1. The van der Waals surface area contributed by atoms with Crippen molar-refractivity contribution in [3.8, 4) is 0 Å². The molecule has 0 heterocycles. The lowest BCUT2D eigenvalue weighted by Gasteiger charge is -2.31. The van der Waals surface area contributed by atoms with E-state index in [0.717, 1.165) is 42.6 Å². The predicted molar refractivity (Wildman–Crippen MR) is 72.3 cm³/mol. The molecular weight excluding hydrogens is 212 g/mol. The average Bonchev–Trinajstić information content (AvgIpc) is 2.64. The van der Waals surface area contributed by atoms with E-state index in [4.69, 9.17) is 5.73 Å². The number of anilines is 2. The van der Waals surface area contributed by atoms with Crippen LogP contribution in [-0.4, -0.2) is 24.3 Å². The number of aliphatic hydroxyl groups is 1. The number of benzene rings is 1. The van der Waals surface area contributed by atoms with E-state index in [1.165, 1.54) is 0 Å². The number of hydrogen-bond donors (Lipinski definition) is 2. The second kappa shape index (κ2) is 4.57.